The highest BCUT2D eigenvalue weighted by Gasteiger charge is 2.38. The second kappa shape index (κ2) is 7.92. The van der Waals surface area contributed by atoms with E-state index < -0.39 is 0 Å². The molecule has 3 saturated heterocycles. The lowest BCUT2D eigenvalue weighted by molar-refractivity contribution is -0.939. The van der Waals surface area contributed by atoms with E-state index in [1.165, 1.54) is 56.6 Å². The van der Waals surface area contributed by atoms with E-state index in [1.54, 1.807) is 0 Å². The summed E-state index contributed by atoms with van der Waals surface area (Å²) in [4.78, 5) is 7.77. The Hall–Kier alpha value is -2.03. The number of hydrogen-bond donors (Lipinski definition) is 1. The third kappa shape index (κ3) is 4.12. The Morgan fingerprint density at radius 2 is 2.00 bits per heavy atom. The molecule has 3 fully saturated rings. The van der Waals surface area contributed by atoms with Crippen LogP contribution in [0.4, 0.5) is 17.3 Å². The molecule has 9 heteroatoms. The van der Waals surface area contributed by atoms with Crippen molar-refractivity contribution in [2.75, 3.05) is 63.8 Å². The standard InChI is InChI=1S/C18H26ClN8/c1-2-26(8-12-27-9-5-25(6-10-27)7-11-27)15-3-4-17(16(19)13-15)22-24-18-20-14-21-23-18/h3-4,13-14H,2,5-12H2,1H3,(H,20,21,23)/q+1. The van der Waals surface area contributed by atoms with Gasteiger partial charge >= 0.3 is 0 Å². The summed E-state index contributed by atoms with van der Waals surface area (Å²) >= 11 is 6.44. The number of azo groups is 1. The number of hydrogen-bond acceptors (Lipinski definition) is 6. The number of anilines is 1. The van der Waals surface area contributed by atoms with Crippen molar-refractivity contribution in [1.82, 2.24) is 20.1 Å². The molecular formula is C18H26ClN8+. The Balaban J connectivity index is 1.42. The van der Waals surface area contributed by atoms with Crippen LogP contribution in [0.15, 0.2) is 34.8 Å². The molecule has 0 radical (unpaired) electrons. The quantitative estimate of drug-likeness (QED) is 0.583. The fourth-order valence-corrected chi connectivity index (χ4v) is 4.20. The van der Waals surface area contributed by atoms with Gasteiger partial charge in [0.05, 0.1) is 37.7 Å². The molecule has 8 nitrogen and oxygen atoms in total. The fraction of sp³-hybridized carbons (Fsp3) is 0.556. The largest absolute Gasteiger partial charge is 0.366 e. The topological polar surface area (TPSA) is 72.8 Å². The predicted octanol–water partition coefficient (Wildman–Crippen LogP) is 2.85. The van der Waals surface area contributed by atoms with Crippen LogP contribution in [0.25, 0.3) is 0 Å². The number of fused-ring (bicyclic) bond motifs is 3. The number of benzene rings is 1. The van der Waals surface area contributed by atoms with E-state index in [0.717, 1.165) is 18.8 Å². The van der Waals surface area contributed by atoms with Crippen LogP contribution in [0.3, 0.4) is 0 Å². The van der Waals surface area contributed by atoms with E-state index in [9.17, 15) is 0 Å². The molecule has 5 rings (SSSR count). The van der Waals surface area contributed by atoms with Crippen molar-refractivity contribution >= 4 is 28.9 Å². The van der Waals surface area contributed by atoms with Gasteiger partial charge in [0.25, 0.3) is 5.95 Å². The molecule has 3 aliphatic heterocycles. The third-order valence-electron chi connectivity index (χ3n) is 5.85. The number of likely N-dealkylation sites (N-methyl/N-ethyl adjacent to an activating group) is 1. The van der Waals surface area contributed by atoms with E-state index in [-0.39, 0.29) is 0 Å². The lowest BCUT2D eigenvalue weighted by Crippen LogP contribution is -2.68. The van der Waals surface area contributed by atoms with Crippen LogP contribution < -0.4 is 4.90 Å². The molecule has 0 unspecified atom stereocenters. The third-order valence-corrected chi connectivity index (χ3v) is 6.15. The number of aromatic amines is 1. The molecule has 0 spiro atoms. The minimum atomic E-state index is 0.362. The highest BCUT2D eigenvalue weighted by Crippen LogP contribution is 2.31. The normalized spacial score (nSPS) is 24.6. The summed E-state index contributed by atoms with van der Waals surface area (Å²) in [6, 6.07) is 5.96. The highest BCUT2D eigenvalue weighted by molar-refractivity contribution is 6.33. The summed E-state index contributed by atoms with van der Waals surface area (Å²) in [5.74, 6) is 0.362. The lowest BCUT2D eigenvalue weighted by atomic mass is 10.1. The first-order valence-electron chi connectivity index (χ1n) is 9.57. The van der Waals surface area contributed by atoms with Crippen molar-refractivity contribution in [2.45, 2.75) is 6.92 Å². The van der Waals surface area contributed by atoms with Crippen LogP contribution in [0.1, 0.15) is 6.92 Å². The summed E-state index contributed by atoms with van der Waals surface area (Å²) in [6.45, 7) is 13.0. The van der Waals surface area contributed by atoms with E-state index in [0.29, 0.717) is 16.7 Å². The smallest absolute Gasteiger partial charge is 0.267 e. The van der Waals surface area contributed by atoms with Crippen molar-refractivity contribution < 1.29 is 4.48 Å². The summed E-state index contributed by atoms with van der Waals surface area (Å²) in [7, 11) is 0. The molecular weight excluding hydrogens is 364 g/mol. The molecule has 2 bridgehead atoms. The minimum absolute atomic E-state index is 0.362. The van der Waals surface area contributed by atoms with Gasteiger partial charge in [-0.3, -0.25) is 4.90 Å². The maximum atomic E-state index is 6.44. The number of nitrogens with one attached hydrogen (secondary N) is 1. The van der Waals surface area contributed by atoms with E-state index in [2.05, 4.69) is 48.2 Å². The van der Waals surface area contributed by atoms with Gasteiger partial charge in [0.15, 0.2) is 0 Å². The number of piperazine rings is 3. The van der Waals surface area contributed by atoms with Gasteiger partial charge in [0, 0.05) is 31.9 Å². The van der Waals surface area contributed by atoms with Gasteiger partial charge in [0.2, 0.25) is 0 Å². The molecule has 2 aromatic rings. The highest BCUT2D eigenvalue weighted by atomic mass is 35.5. The predicted molar refractivity (Wildman–Crippen MR) is 106 cm³/mol. The van der Waals surface area contributed by atoms with Crippen LogP contribution >= 0.6 is 11.6 Å². The Labute approximate surface area is 164 Å². The zero-order valence-electron chi connectivity index (χ0n) is 15.7. The first-order chi connectivity index (χ1) is 13.2. The van der Waals surface area contributed by atoms with Crippen LogP contribution in [0.5, 0.6) is 0 Å². The zero-order chi connectivity index (χ0) is 18.7. The molecule has 0 saturated carbocycles. The van der Waals surface area contributed by atoms with Gasteiger partial charge in [-0.2, -0.15) is 0 Å². The van der Waals surface area contributed by atoms with Gasteiger partial charge in [-0.15, -0.1) is 20.4 Å². The Morgan fingerprint density at radius 1 is 1.22 bits per heavy atom. The summed E-state index contributed by atoms with van der Waals surface area (Å²) < 4.78 is 1.27. The minimum Gasteiger partial charge on any atom is -0.366 e. The SMILES string of the molecule is CCN(CC[N+]12CCN(CC1)CC2)c1ccc(N=Nc2nnc[nH]2)c(Cl)c1. The molecule has 0 atom stereocenters. The van der Waals surface area contributed by atoms with E-state index in [4.69, 9.17) is 11.6 Å². The van der Waals surface area contributed by atoms with Crippen LogP contribution in [0, 0.1) is 0 Å². The molecule has 3 aliphatic rings. The summed E-state index contributed by atoms with van der Waals surface area (Å²) in [5, 5.41) is 16.2. The Kier molecular flexibility index (Phi) is 5.38. The molecule has 0 amide bonds. The molecule has 1 aromatic heterocycles. The average Bonchev–Trinajstić information content (AvgIpc) is 3.23. The monoisotopic (exact) mass is 389 g/mol. The number of nitrogens with zero attached hydrogens (tertiary/aromatic N) is 7. The van der Waals surface area contributed by atoms with Crippen molar-refractivity contribution in [3.63, 3.8) is 0 Å². The molecule has 1 aromatic carbocycles. The second-order valence-corrected chi connectivity index (χ2v) is 7.71. The van der Waals surface area contributed by atoms with Crippen molar-refractivity contribution in [1.29, 1.82) is 0 Å². The fourth-order valence-electron chi connectivity index (χ4n) is 3.99. The van der Waals surface area contributed by atoms with Gasteiger partial charge in [-0.1, -0.05) is 11.6 Å². The Bertz CT molecular complexity index is 769. The average molecular weight is 390 g/mol. The number of H-pyrrole nitrogens is 1. The first kappa shape index (κ1) is 18.3. The van der Waals surface area contributed by atoms with Crippen LogP contribution in [-0.4, -0.2) is 83.5 Å². The van der Waals surface area contributed by atoms with Gasteiger partial charge in [0.1, 0.15) is 12.0 Å². The second-order valence-electron chi connectivity index (χ2n) is 7.31. The summed E-state index contributed by atoms with van der Waals surface area (Å²) in [6.07, 6.45) is 1.46. The van der Waals surface area contributed by atoms with Crippen molar-refractivity contribution in [3.8, 4) is 0 Å². The van der Waals surface area contributed by atoms with Gasteiger partial charge in [-0.25, -0.2) is 0 Å². The molecule has 0 aliphatic carbocycles. The van der Waals surface area contributed by atoms with Crippen molar-refractivity contribution in [2.24, 2.45) is 10.2 Å². The number of rotatable bonds is 7. The molecule has 27 heavy (non-hydrogen) atoms. The van der Waals surface area contributed by atoms with Crippen LogP contribution in [0.2, 0.25) is 5.02 Å². The maximum absolute atomic E-state index is 6.44. The van der Waals surface area contributed by atoms with Gasteiger partial charge in [-0.05, 0) is 25.1 Å². The Morgan fingerprint density at radius 3 is 2.63 bits per heavy atom. The molecule has 144 valence electrons. The molecule has 1 N–H and O–H groups in total. The maximum Gasteiger partial charge on any atom is 0.267 e. The van der Waals surface area contributed by atoms with Crippen LogP contribution in [-0.2, 0) is 0 Å². The van der Waals surface area contributed by atoms with E-state index in [1.807, 2.05) is 12.1 Å². The zero-order valence-corrected chi connectivity index (χ0v) is 16.4. The van der Waals surface area contributed by atoms with Crippen molar-refractivity contribution in [3.05, 3.63) is 29.5 Å². The number of halogens is 1. The number of quaternary nitrogens is 1. The van der Waals surface area contributed by atoms with E-state index >= 15 is 0 Å². The molecule has 4 heterocycles. The lowest BCUT2D eigenvalue weighted by Gasteiger charge is -2.51. The number of aromatic nitrogens is 3. The first-order valence-corrected chi connectivity index (χ1v) is 9.95. The summed E-state index contributed by atoms with van der Waals surface area (Å²) in [5.41, 5.74) is 1.76. The van der Waals surface area contributed by atoms with Gasteiger partial charge < -0.3 is 14.4 Å².